The molecule has 0 spiro atoms. The van der Waals surface area contributed by atoms with E-state index in [9.17, 15) is 0 Å². The van der Waals surface area contributed by atoms with Crippen molar-refractivity contribution in [3.8, 4) is 11.3 Å². The molecule has 3 rings (SSSR count). The fourth-order valence-corrected chi connectivity index (χ4v) is 1.98. The zero-order valence-corrected chi connectivity index (χ0v) is 10.3. The van der Waals surface area contributed by atoms with Crippen molar-refractivity contribution in [2.24, 2.45) is 0 Å². The lowest BCUT2D eigenvalue weighted by atomic mass is 10.2. The zero-order chi connectivity index (χ0) is 13.1. The molecule has 0 fully saturated rings. The maximum absolute atomic E-state index is 5.98. The third-order valence-electron chi connectivity index (χ3n) is 2.95. The van der Waals surface area contributed by atoms with Crippen LogP contribution >= 0.6 is 0 Å². The van der Waals surface area contributed by atoms with Crippen molar-refractivity contribution >= 4 is 5.69 Å². The highest BCUT2D eigenvalue weighted by Gasteiger charge is 2.08. The van der Waals surface area contributed by atoms with Crippen LogP contribution in [0.1, 0.15) is 5.56 Å². The van der Waals surface area contributed by atoms with Gasteiger partial charge in [0, 0.05) is 42.6 Å². The number of pyridine rings is 2. The minimum Gasteiger partial charge on any atom is -0.398 e. The zero-order valence-electron chi connectivity index (χ0n) is 10.3. The number of nitrogens with two attached hydrogens (primary N) is 1. The van der Waals surface area contributed by atoms with Gasteiger partial charge in [-0.25, -0.2) is 4.98 Å². The number of nitrogen functional groups attached to an aromatic ring is 1. The average Bonchev–Trinajstić information content (AvgIpc) is 2.88. The molecule has 3 aromatic heterocycles. The number of nitrogens with zero attached hydrogens (tertiary/aromatic N) is 4. The van der Waals surface area contributed by atoms with E-state index in [4.69, 9.17) is 5.73 Å². The second kappa shape index (κ2) is 4.89. The second-order valence-corrected chi connectivity index (χ2v) is 4.23. The van der Waals surface area contributed by atoms with Gasteiger partial charge in [0.25, 0.3) is 0 Å². The molecule has 0 saturated heterocycles. The van der Waals surface area contributed by atoms with Crippen LogP contribution in [0.15, 0.2) is 55.5 Å². The van der Waals surface area contributed by atoms with Gasteiger partial charge in [-0.05, 0) is 23.8 Å². The molecule has 5 nitrogen and oxygen atoms in total. The maximum atomic E-state index is 5.98. The minimum atomic E-state index is 0.700. The molecule has 0 saturated carbocycles. The van der Waals surface area contributed by atoms with Gasteiger partial charge in [-0.3, -0.25) is 9.97 Å². The summed E-state index contributed by atoms with van der Waals surface area (Å²) in [5.41, 5.74) is 9.70. The number of hydrogen-bond donors (Lipinski definition) is 1. The Hall–Kier alpha value is -2.69. The molecule has 0 radical (unpaired) electrons. The summed E-state index contributed by atoms with van der Waals surface area (Å²) in [4.78, 5) is 12.3. The van der Waals surface area contributed by atoms with Crippen molar-refractivity contribution in [1.29, 1.82) is 0 Å². The standard InChI is InChI=1S/C14H13N5/c15-13-3-6-17-7-12(13)14-8-18-10-19(14)9-11-1-4-16-5-2-11/h1-8,10H,9H2,(H2,15,17). The van der Waals surface area contributed by atoms with E-state index in [-0.39, 0.29) is 0 Å². The molecular formula is C14H13N5. The lowest BCUT2D eigenvalue weighted by Crippen LogP contribution is -2.02. The first-order valence-electron chi connectivity index (χ1n) is 5.93. The second-order valence-electron chi connectivity index (χ2n) is 4.23. The van der Waals surface area contributed by atoms with Gasteiger partial charge in [0.2, 0.25) is 0 Å². The number of hydrogen-bond acceptors (Lipinski definition) is 4. The smallest absolute Gasteiger partial charge is 0.0954 e. The first-order chi connectivity index (χ1) is 9.34. The normalized spacial score (nSPS) is 10.5. The van der Waals surface area contributed by atoms with E-state index in [2.05, 4.69) is 15.0 Å². The molecule has 0 aliphatic heterocycles. The molecule has 0 aliphatic rings. The summed E-state index contributed by atoms with van der Waals surface area (Å²) in [5.74, 6) is 0. The van der Waals surface area contributed by atoms with Gasteiger partial charge in [-0.2, -0.15) is 0 Å². The average molecular weight is 251 g/mol. The van der Waals surface area contributed by atoms with E-state index in [0.717, 1.165) is 23.4 Å². The molecule has 5 heteroatoms. The lowest BCUT2D eigenvalue weighted by Gasteiger charge is -2.09. The lowest BCUT2D eigenvalue weighted by molar-refractivity contribution is 0.803. The fourth-order valence-electron chi connectivity index (χ4n) is 1.98. The van der Waals surface area contributed by atoms with Crippen LogP contribution < -0.4 is 5.73 Å². The van der Waals surface area contributed by atoms with Crippen molar-refractivity contribution < 1.29 is 0 Å². The monoisotopic (exact) mass is 251 g/mol. The topological polar surface area (TPSA) is 69.6 Å². The van der Waals surface area contributed by atoms with Gasteiger partial charge < -0.3 is 10.3 Å². The van der Waals surface area contributed by atoms with E-state index in [1.165, 1.54) is 0 Å². The maximum Gasteiger partial charge on any atom is 0.0954 e. The first kappa shape index (κ1) is 11.4. The molecule has 0 aromatic carbocycles. The van der Waals surface area contributed by atoms with Crippen LogP contribution in [-0.4, -0.2) is 19.5 Å². The van der Waals surface area contributed by atoms with Crippen molar-refractivity contribution in [3.63, 3.8) is 0 Å². The highest BCUT2D eigenvalue weighted by molar-refractivity contribution is 5.72. The van der Waals surface area contributed by atoms with Gasteiger partial charge in [0.15, 0.2) is 0 Å². The molecule has 94 valence electrons. The number of anilines is 1. The Balaban J connectivity index is 1.98. The van der Waals surface area contributed by atoms with Gasteiger partial charge in [-0.15, -0.1) is 0 Å². The van der Waals surface area contributed by atoms with Crippen LogP contribution in [-0.2, 0) is 6.54 Å². The summed E-state index contributed by atoms with van der Waals surface area (Å²) in [6.07, 6.45) is 10.6. The Morgan fingerprint density at radius 1 is 0.947 bits per heavy atom. The highest BCUT2D eigenvalue weighted by Crippen LogP contribution is 2.24. The largest absolute Gasteiger partial charge is 0.398 e. The van der Waals surface area contributed by atoms with E-state index in [0.29, 0.717) is 5.69 Å². The minimum absolute atomic E-state index is 0.700. The molecule has 0 amide bonds. The number of rotatable bonds is 3. The Kier molecular flexibility index (Phi) is 2.94. The van der Waals surface area contributed by atoms with Crippen LogP contribution in [0.3, 0.4) is 0 Å². The summed E-state index contributed by atoms with van der Waals surface area (Å²) in [6, 6.07) is 5.76. The Morgan fingerprint density at radius 3 is 2.53 bits per heavy atom. The van der Waals surface area contributed by atoms with Crippen LogP contribution in [0.2, 0.25) is 0 Å². The fraction of sp³-hybridized carbons (Fsp3) is 0.0714. The summed E-state index contributed by atoms with van der Waals surface area (Å²) in [7, 11) is 0. The summed E-state index contributed by atoms with van der Waals surface area (Å²) in [5, 5.41) is 0. The molecule has 0 aliphatic carbocycles. The van der Waals surface area contributed by atoms with Crippen LogP contribution in [0.25, 0.3) is 11.3 Å². The summed E-state index contributed by atoms with van der Waals surface area (Å²) in [6.45, 7) is 0.728. The van der Waals surface area contributed by atoms with Crippen molar-refractivity contribution in [1.82, 2.24) is 19.5 Å². The summed E-state index contributed by atoms with van der Waals surface area (Å²) < 4.78 is 2.04. The van der Waals surface area contributed by atoms with E-state index in [1.54, 1.807) is 43.4 Å². The first-order valence-corrected chi connectivity index (χ1v) is 5.93. The molecular weight excluding hydrogens is 238 g/mol. The Labute approximate surface area is 110 Å². The summed E-state index contributed by atoms with van der Waals surface area (Å²) >= 11 is 0. The third-order valence-corrected chi connectivity index (χ3v) is 2.95. The molecule has 0 bridgehead atoms. The SMILES string of the molecule is Nc1ccncc1-c1cncn1Cc1ccncc1. The molecule has 2 N–H and O–H groups in total. The van der Waals surface area contributed by atoms with Crippen LogP contribution in [0, 0.1) is 0 Å². The third kappa shape index (κ3) is 2.30. The number of imidazole rings is 1. The van der Waals surface area contributed by atoms with E-state index < -0.39 is 0 Å². The van der Waals surface area contributed by atoms with Gasteiger partial charge >= 0.3 is 0 Å². The molecule has 0 unspecified atom stereocenters. The molecule has 19 heavy (non-hydrogen) atoms. The highest BCUT2D eigenvalue weighted by atomic mass is 15.0. The van der Waals surface area contributed by atoms with E-state index in [1.807, 2.05) is 16.7 Å². The number of aromatic nitrogens is 4. The molecule has 3 heterocycles. The van der Waals surface area contributed by atoms with E-state index >= 15 is 0 Å². The molecule has 0 atom stereocenters. The van der Waals surface area contributed by atoms with Gasteiger partial charge in [0.05, 0.1) is 18.2 Å². The van der Waals surface area contributed by atoms with Crippen molar-refractivity contribution in [3.05, 3.63) is 61.1 Å². The predicted molar refractivity (Wildman–Crippen MR) is 73.2 cm³/mol. The quantitative estimate of drug-likeness (QED) is 0.772. The molecule has 3 aromatic rings. The van der Waals surface area contributed by atoms with Crippen molar-refractivity contribution in [2.75, 3.05) is 5.73 Å². The van der Waals surface area contributed by atoms with Crippen molar-refractivity contribution in [2.45, 2.75) is 6.54 Å². The van der Waals surface area contributed by atoms with Crippen LogP contribution in [0.4, 0.5) is 5.69 Å². The Bertz CT molecular complexity index is 675. The Morgan fingerprint density at radius 2 is 1.74 bits per heavy atom. The van der Waals surface area contributed by atoms with Gasteiger partial charge in [0.1, 0.15) is 0 Å². The predicted octanol–water partition coefficient (Wildman–Crippen LogP) is 1.97. The van der Waals surface area contributed by atoms with Gasteiger partial charge in [-0.1, -0.05) is 0 Å². The van der Waals surface area contributed by atoms with Crippen LogP contribution in [0.5, 0.6) is 0 Å².